The number of H-pyrrole nitrogens is 1. The molecule has 4 atom stereocenters. The van der Waals surface area contributed by atoms with Gasteiger partial charge in [-0.25, -0.2) is 9.37 Å². The van der Waals surface area contributed by atoms with Crippen molar-refractivity contribution < 1.29 is 24.4 Å². The van der Waals surface area contributed by atoms with Gasteiger partial charge in [-0.1, -0.05) is 18.2 Å². The summed E-state index contributed by atoms with van der Waals surface area (Å²) in [7, 11) is 0. The maximum atomic E-state index is 13.4. The van der Waals surface area contributed by atoms with Crippen molar-refractivity contribution in [1.82, 2.24) is 9.97 Å². The van der Waals surface area contributed by atoms with Gasteiger partial charge in [0.2, 0.25) is 0 Å². The molecule has 4 rings (SSSR count). The van der Waals surface area contributed by atoms with Gasteiger partial charge in [-0.15, -0.1) is 0 Å². The zero-order valence-electron chi connectivity index (χ0n) is 13.8. The van der Waals surface area contributed by atoms with Crippen molar-refractivity contribution in [3.8, 4) is 11.4 Å². The predicted molar refractivity (Wildman–Crippen MR) is 92.8 cm³/mol. The van der Waals surface area contributed by atoms with Gasteiger partial charge in [-0.2, -0.15) is 0 Å². The first kappa shape index (κ1) is 17.1. The first-order valence-electron chi connectivity index (χ1n) is 8.43. The van der Waals surface area contributed by atoms with Gasteiger partial charge < -0.3 is 25.0 Å². The van der Waals surface area contributed by atoms with E-state index in [1.807, 2.05) is 6.07 Å². The van der Waals surface area contributed by atoms with Crippen LogP contribution >= 0.6 is 0 Å². The van der Waals surface area contributed by atoms with E-state index >= 15 is 0 Å². The molecule has 7 heteroatoms. The molecule has 0 bridgehead atoms. The second kappa shape index (κ2) is 6.77. The van der Waals surface area contributed by atoms with Crippen LogP contribution in [0.2, 0.25) is 0 Å². The Morgan fingerprint density at radius 1 is 1.19 bits per heavy atom. The number of benzene rings is 2. The first-order chi connectivity index (χ1) is 12.5. The Bertz CT molecular complexity index is 929. The molecule has 2 aromatic carbocycles. The summed E-state index contributed by atoms with van der Waals surface area (Å²) in [5, 5.41) is 29.6. The van der Waals surface area contributed by atoms with Crippen LogP contribution in [0, 0.1) is 5.82 Å². The van der Waals surface area contributed by atoms with Crippen LogP contribution in [0.25, 0.3) is 22.4 Å². The molecule has 0 aliphatic carbocycles. The van der Waals surface area contributed by atoms with E-state index in [9.17, 15) is 19.7 Å². The molecule has 1 aromatic heterocycles. The minimum absolute atomic E-state index is 0.184. The molecule has 2 heterocycles. The highest BCUT2D eigenvalue weighted by molar-refractivity contribution is 5.79. The highest BCUT2D eigenvalue weighted by Crippen LogP contribution is 2.33. The first-order valence-corrected chi connectivity index (χ1v) is 8.43. The number of aromatic nitrogens is 2. The molecule has 0 saturated carbocycles. The van der Waals surface area contributed by atoms with Crippen molar-refractivity contribution >= 4 is 11.0 Å². The topological polar surface area (TPSA) is 98.6 Å². The smallest absolute Gasteiger partial charge is 0.138 e. The lowest BCUT2D eigenvalue weighted by atomic mass is 9.92. The zero-order chi connectivity index (χ0) is 18.3. The molecule has 0 spiro atoms. The van der Waals surface area contributed by atoms with E-state index < -0.39 is 24.4 Å². The maximum Gasteiger partial charge on any atom is 0.138 e. The summed E-state index contributed by atoms with van der Waals surface area (Å²) in [6.07, 6.45) is -3.15. The van der Waals surface area contributed by atoms with Crippen LogP contribution in [0.4, 0.5) is 4.39 Å². The van der Waals surface area contributed by atoms with Crippen LogP contribution in [-0.4, -0.2) is 50.2 Å². The quantitative estimate of drug-likeness (QED) is 0.573. The van der Waals surface area contributed by atoms with Gasteiger partial charge in [0.05, 0.1) is 29.8 Å². The summed E-state index contributed by atoms with van der Waals surface area (Å²) in [5.74, 6) is 0.223. The van der Waals surface area contributed by atoms with Gasteiger partial charge in [0.15, 0.2) is 0 Å². The normalized spacial score (nSPS) is 26.3. The molecule has 26 heavy (non-hydrogen) atoms. The molecule has 1 aliphatic rings. The summed E-state index contributed by atoms with van der Waals surface area (Å²) < 4.78 is 19.1. The Morgan fingerprint density at radius 2 is 2.04 bits per heavy atom. The number of hydrogen-bond donors (Lipinski definition) is 4. The van der Waals surface area contributed by atoms with Crippen molar-refractivity contribution in [1.29, 1.82) is 0 Å². The van der Waals surface area contributed by atoms with Gasteiger partial charge in [-0.05, 0) is 29.8 Å². The Hall–Kier alpha value is -2.32. The van der Waals surface area contributed by atoms with Crippen molar-refractivity contribution in [2.75, 3.05) is 6.61 Å². The summed E-state index contributed by atoms with van der Waals surface area (Å²) in [5.41, 5.74) is 2.65. The molecule has 0 radical (unpaired) electrons. The number of hydrogen-bond acceptors (Lipinski definition) is 5. The third-order valence-electron chi connectivity index (χ3n) is 4.68. The molecule has 136 valence electrons. The van der Waals surface area contributed by atoms with Crippen molar-refractivity contribution in [2.24, 2.45) is 0 Å². The lowest BCUT2D eigenvalue weighted by Crippen LogP contribution is -2.44. The fraction of sp³-hybridized carbons (Fsp3) is 0.316. The van der Waals surface area contributed by atoms with Gasteiger partial charge in [0.25, 0.3) is 0 Å². The fourth-order valence-corrected chi connectivity index (χ4v) is 3.33. The van der Waals surface area contributed by atoms with Crippen LogP contribution < -0.4 is 0 Å². The molecular weight excluding hydrogens is 339 g/mol. The minimum atomic E-state index is -1.09. The third-order valence-corrected chi connectivity index (χ3v) is 4.68. The highest BCUT2D eigenvalue weighted by atomic mass is 19.1. The van der Waals surface area contributed by atoms with E-state index in [-0.39, 0.29) is 18.8 Å². The van der Waals surface area contributed by atoms with Crippen molar-refractivity contribution in [2.45, 2.75) is 30.8 Å². The fourth-order valence-electron chi connectivity index (χ4n) is 3.33. The van der Waals surface area contributed by atoms with Crippen molar-refractivity contribution in [3.63, 3.8) is 0 Å². The number of aliphatic hydroxyl groups is 3. The molecule has 3 aromatic rings. The van der Waals surface area contributed by atoms with Crippen LogP contribution in [0.5, 0.6) is 0 Å². The highest BCUT2D eigenvalue weighted by Gasteiger charge is 2.37. The summed E-state index contributed by atoms with van der Waals surface area (Å²) in [4.78, 5) is 7.54. The van der Waals surface area contributed by atoms with Gasteiger partial charge in [-0.3, -0.25) is 0 Å². The van der Waals surface area contributed by atoms with Gasteiger partial charge >= 0.3 is 0 Å². The summed E-state index contributed by atoms with van der Waals surface area (Å²) in [6.45, 7) is -0.227. The number of halogens is 1. The van der Waals surface area contributed by atoms with E-state index in [0.717, 1.165) is 5.56 Å². The summed E-state index contributed by atoms with van der Waals surface area (Å²) >= 11 is 0. The van der Waals surface area contributed by atoms with E-state index in [2.05, 4.69) is 9.97 Å². The Labute approximate surface area is 148 Å². The van der Waals surface area contributed by atoms with E-state index in [4.69, 9.17) is 4.74 Å². The minimum Gasteiger partial charge on any atom is -0.394 e. The lowest BCUT2D eigenvalue weighted by Gasteiger charge is -2.36. The molecule has 6 nitrogen and oxygen atoms in total. The second-order valence-corrected chi connectivity index (χ2v) is 6.53. The molecular formula is C19H19FN2O4. The van der Waals surface area contributed by atoms with Gasteiger partial charge in [0.1, 0.15) is 23.8 Å². The number of rotatable bonds is 3. The second-order valence-electron chi connectivity index (χ2n) is 6.53. The van der Waals surface area contributed by atoms with Crippen LogP contribution in [0.1, 0.15) is 18.1 Å². The summed E-state index contributed by atoms with van der Waals surface area (Å²) in [6, 6.07) is 11.6. The average molecular weight is 358 g/mol. The Kier molecular flexibility index (Phi) is 4.46. The number of fused-ring (bicyclic) bond motifs is 1. The number of aliphatic hydroxyl groups excluding tert-OH is 3. The number of nitrogens with zero attached hydrogens (tertiary/aromatic N) is 1. The molecule has 1 fully saturated rings. The molecule has 1 aliphatic heterocycles. The Morgan fingerprint density at radius 3 is 2.85 bits per heavy atom. The predicted octanol–water partition coefficient (Wildman–Crippen LogP) is 1.91. The molecule has 1 saturated heterocycles. The maximum absolute atomic E-state index is 13.4. The average Bonchev–Trinajstić information content (AvgIpc) is 3.07. The number of aromatic amines is 1. The largest absolute Gasteiger partial charge is 0.394 e. The lowest BCUT2D eigenvalue weighted by molar-refractivity contribution is -0.179. The molecule has 0 amide bonds. The number of ether oxygens (including phenoxy) is 1. The van der Waals surface area contributed by atoms with E-state index in [0.29, 0.717) is 22.4 Å². The SMILES string of the molecule is OCC1CC(O)C(O)C(c2cccc(-c3nc4ccc(F)cc4[nH]3)c2)O1. The number of imidazole rings is 1. The zero-order valence-corrected chi connectivity index (χ0v) is 13.8. The Balaban J connectivity index is 1.69. The van der Waals surface area contributed by atoms with Crippen LogP contribution in [0.3, 0.4) is 0 Å². The monoisotopic (exact) mass is 358 g/mol. The number of nitrogens with one attached hydrogen (secondary N) is 1. The van der Waals surface area contributed by atoms with Crippen molar-refractivity contribution in [3.05, 3.63) is 53.8 Å². The standard InChI is InChI=1S/C19H19FN2O4/c20-12-4-5-14-15(7-12)22-19(21-14)11-3-1-2-10(6-11)18-17(25)16(24)8-13(9-23)26-18/h1-7,13,16-18,23-25H,8-9H2,(H,21,22). The van der Waals surface area contributed by atoms with Gasteiger partial charge in [0, 0.05) is 12.0 Å². The molecule has 4 N–H and O–H groups in total. The third kappa shape index (κ3) is 3.10. The molecule has 4 unspecified atom stereocenters. The van der Waals surface area contributed by atoms with E-state index in [1.165, 1.54) is 12.1 Å². The van der Waals surface area contributed by atoms with E-state index in [1.54, 1.807) is 24.3 Å². The van der Waals surface area contributed by atoms with Crippen LogP contribution in [0.15, 0.2) is 42.5 Å². The van der Waals surface area contributed by atoms with Crippen LogP contribution in [-0.2, 0) is 4.74 Å².